The molecule has 1 aromatic rings. The number of halogens is 2. The lowest BCUT2D eigenvalue weighted by atomic mass is 10.3. The van der Waals surface area contributed by atoms with Crippen molar-refractivity contribution in [3.63, 3.8) is 0 Å². The van der Waals surface area contributed by atoms with Crippen LogP contribution >= 0.6 is 23.2 Å². The first-order valence-corrected chi connectivity index (χ1v) is 7.43. The van der Waals surface area contributed by atoms with E-state index < -0.39 is 0 Å². The topological polar surface area (TPSA) is 13.7 Å². The first-order valence-electron chi connectivity index (χ1n) is 6.68. The van der Waals surface area contributed by atoms with E-state index in [0.29, 0.717) is 22.4 Å². The van der Waals surface area contributed by atoms with E-state index in [9.17, 15) is 0 Å². The van der Waals surface area contributed by atoms with Crippen LogP contribution in [0.3, 0.4) is 0 Å². The van der Waals surface area contributed by atoms with Crippen LogP contribution in [-0.2, 0) is 0 Å². The van der Waals surface area contributed by atoms with Gasteiger partial charge in [0.1, 0.15) is 10.8 Å². The van der Waals surface area contributed by atoms with Crippen LogP contribution in [0, 0.1) is 0 Å². The Hall–Kier alpha value is -0.440. The second-order valence-corrected chi connectivity index (χ2v) is 5.60. The Kier molecular flexibility index (Phi) is 5.61. The van der Waals surface area contributed by atoms with Gasteiger partial charge in [-0.05, 0) is 25.0 Å². The molecule has 100 valence electrons. The highest BCUT2D eigenvalue weighted by Gasteiger charge is 2.14. The average Bonchev–Trinajstić information content (AvgIpc) is 2.87. The van der Waals surface area contributed by atoms with Gasteiger partial charge >= 0.3 is 0 Å². The van der Waals surface area contributed by atoms with Crippen LogP contribution in [0.25, 0.3) is 0 Å². The zero-order chi connectivity index (χ0) is 12.8. The van der Waals surface area contributed by atoms with E-state index in [4.69, 9.17) is 27.9 Å². The van der Waals surface area contributed by atoms with Crippen molar-refractivity contribution in [2.75, 3.05) is 26.2 Å². The second kappa shape index (κ2) is 7.22. The average molecular weight is 289 g/mol. The Morgan fingerprint density at radius 1 is 1.11 bits per heavy atom. The lowest BCUT2D eigenvalue weighted by Crippen LogP contribution is -3.09. The van der Waals surface area contributed by atoms with E-state index >= 15 is 0 Å². The molecule has 1 aliphatic heterocycles. The van der Waals surface area contributed by atoms with Gasteiger partial charge in [0.05, 0.1) is 31.3 Å². The van der Waals surface area contributed by atoms with Gasteiger partial charge in [-0.2, -0.15) is 0 Å². The third-order valence-corrected chi connectivity index (χ3v) is 4.21. The molecule has 1 heterocycles. The molecule has 2 rings (SSSR count). The van der Waals surface area contributed by atoms with Gasteiger partial charge in [-0.25, -0.2) is 0 Å². The van der Waals surface area contributed by atoms with Crippen LogP contribution in [0.1, 0.15) is 25.7 Å². The molecular weight excluding hydrogens is 269 g/mol. The fourth-order valence-corrected chi connectivity index (χ4v) is 2.73. The molecule has 0 aliphatic carbocycles. The summed E-state index contributed by atoms with van der Waals surface area (Å²) in [5.74, 6) is 0.692. The number of nitrogens with one attached hydrogen (secondary N) is 1. The number of likely N-dealkylation sites (tertiary alicyclic amines) is 1. The lowest BCUT2D eigenvalue weighted by Gasteiger charge is -2.12. The molecule has 0 bridgehead atoms. The van der Waals surface area contributed by atoms with Gasteiger partial charge in [0, 0.05) is 12.8 Å². The molecule has 0 atom stereocenters. The maximum absolute atomic E-state index is 6.05. The minimum atomic E-state index is 0.518. The van der Waals surface area contributed by atoms with Crippen LogP contribution in [0.5, 0.6) is 5.75 Å². The molecule has 1 N–H and O–H groups in total. The van der Waals surface area contributed by atoms with Crippen molar-refractivity contribution < 1.29 is 9.64 Å². The summed E-state index contributed by atoms with van der Waals surface area (Å²) in [5, 5.41) is 1.07. The van der Waals surface area contributed by atoms with Crippen molar-refractivity contribution in [1.29, 1.82) is 0 Å². The van der Waals surface area contributed by atoms with Crippen molar-refractivity contribution in [3.8, 4) is 5.75 Å². The van der Waals surface area contributed by atoms with E-state index in [1.807, 2.05) is 12.1 Å². The van der Waals surface area contributed by atoms with Crippen molar-refractivity contribution in [2.24, 2.45) is 0 Å². The molecule has 1 aromatic carbocycles. The molecule has 0 radical (unpaired) electrons. The van der Waals surface area contributed by atoms with Gasteiger partial charge < -0.3 is 9.64 Å². The van der Waals surface area contributed by atoms with Crippen LogP contribution in [-0.4, -0.2) is 26.2 Å². The summed E-state index contributed by atoms with van der Waals surface area (Å²) in [6.45, 7) is 4.68. The molecule has 0 aromatic heterocycles. The van der Waals surface area contributed by atoms with Crippen LogP contribution in [0.15, 0.2) is 18.2 Å². The first-order chi connectivity index (χ1) is 8.77. The monoisotopic (exact) mass is 288 g/mol. The van der Waals surface area contributed by atoms with Crippen LogP contribution in [0.4, 0.5) is 0 Å². The number of hydrogen-bond donors (Lipinski definition) is 1. The van der Waals surface area contributed by atoms with E-state index in [1.165, 1.54) is 38.9 Å². The fourth-order valence-electron chi connectivity index (χ4n) is 2.38. The third-order valence-electron chi connectivity index (χ3n) is 3.41. The molecule has 1 aliphatic rings. The van der Waals surface area contributed by atoms with Crippen LogP contribution < -0.4 is 9.64 Å². The summed E-state index contributed by atoms with van der Waals surface area (Å²) < 4.78 is 5.66. The fraction of sp³-hybridized carbons (Fsp3) is 0.571. The zero-order valence-corrected chi connectivity index (χ0v) is 12.1. The Morgan fingerprint density at radius 3 is 2.67 bits per heavy atom. The van der Waals surface area contributed by atoms with Gasteiger partial charge in [0.25, 0.3) is 0 Å². The molecule has 0 spiro atoms. The maximum Gasteiger partial charge on any atom is 0.139 e. The van der Waals surface area contributed by atoms with E-state index in [2.05, 4.69) is 0 Å². The highest BCUT2D eigenvalue weighted by atomic mass is 35.5. The second-order valence-electron chi connectivity index (χ2n) is 4.81. The van der Waals surface area contributed by atoms with Gasteiger partial charge in [-0.3, -0.25) is 0 Å². The largest absolute Gasteiger partial charge is 0.492 e. The zero-order valence-electron chi connectivity index (χ0n) is 10.6. The minimum absolute atomic E-state index is 0.518. The molecule has 0 unspecified atom stereocenters. The molecule has 0 saturated carbocycles. The maximum atomic E-state index is 6.05. The van der Waals surface area contributed by atoms with Crippen LogP contribution in [0.2, 0.25) is 10.0 Å². The molecule has 18 heavy (non-hydrogen) atoms. The summed E-state index contributed by atoms with van der Waals surface area (Å²) >= 11 is 12.0. The standard InChI is InChI=1S/C14H19Cl2NO/c15-12-6-5-7-13(14(12)16)18-11-4-3-10-17-8-1-2-9-17/h5-7H,1-4,8-11H2/p+1. The highest BCUT2D eigenvalue weighted by Crippen LogP contribution is 2.31. The summed E-state index contributed by atoms with van der Waals surface area (Å²) in [7, 11) is 0. The highest BCUT2D eigenvalue weighted by molar-refractivity contribution is 6.42. The first kappa shape index (κ1) is 14.0. The molecule has 2 nitrogen and oxygen atoms in total. The van der Waals surface area contributed by atoms with Gasteiger partial charge in [-0.1, -0.05) is 29.3 Å². The van der Waals surface area contributed by atoms with Gasteiger partial charge in [-0.15, -0.1) is 0 Å². The molecule has 4 heteroatoms. The summed E-state index contributed by atoms with van der Waals surface area (Å²) in [4.78, 5) is 1.75. The molecule has 0 amide bonds. The number of benzene rings is 1. The van der Waals surface area contributed by atoms with Crippen molar-refractivity contribution >= 4 is 23.2 Å². The Bertz CT molecular complexity index is 378. The summed E-state index contributed by atoms with van der Waals surface area (Å²) in [5.41, 5.74) is 0. The van der Waals surface area contributed by atoms with Gasteiger partial charge in [0.2, 0.25) is 0 Å². The number of unbranched alkanes of at least 4 members (excludes halogenated alkanes) is 1. The number of ether oxygens (including phenoxy) is 1. The third kappa shape index (κ3) is 4.04. The van der Waals surface area contributed by atoms with Crippen molar-refractivity contribution in [3.05, 3.63) is 28.2 Å². The number of hydrogen-bond acceptors (Lipinski definition) is 1. The van der Waals surface area contributed by atoms with E-state index in [1.54, 1.807) is 11.0 Å². The minimum Gasteiger partial charge on any atom is -0.492 e. The van der Waals surface area contributed by atoms with E-state index in [0.717, 1.165) is 6.42 Å². The predicted octanol–water partition coefficient (Wildman–Crippen LogP) is 2.83. The smallest absolute Gasteiger partial charge is 0.139 e. The summed E-state index contributed by atoms with van der Waals surface area (Å²) in [6, 6.07) is 5.49. The number of quaternary nitrogens is 1. The van der Waals surface area contributed by atoms with Crippen molar-refractivity contribution in [2.45, 2.75) is 25.7 Å². The number of rotatable bonds is 6. The molecular formula is C14H20Cl2NO+. The lowest BCUT2D eigenvalue weighted by molar-refractivity contribution is -0.887. The Labute approximate surface area is 119 Å². The Morgan fingerprint density at radius 2 is 1.89 bits per heavy atom. The Balaban J connectivity index is 1.64. The normalized spacial score (nSPS) is 16.1. The van der Waals surface area contributed by atoms with Gasteiger partial charge in [0.15, 0.2) is 0 Å². The van der Waals surface area contributed by atoms with Crippen molar-refractivity contribution in [1.82, 2.24) is 0 Å². The van der Waals surface area contributed by atoms with E-state index in [-0.39, 0.29) is 0 Å². The SMILES string of the molecule is Clc1cccc(OCCCC[NH+]2CCCC2)c1Cl. The summed E-state index contributed by atoms with van der Waals surface area (Å²) in [6.07, 6.45) is 5.08. The predicted molar refractivity (Wildman–Crippen MR) is 76.0 cm³/mol. The quantitative estimate of drug-likeness (QED) is 0.795. The molecule has 1 fully saturated rings. The molecule has 1 saturated heterocycles.